The number of methoxy groups -OCH3 is 2. The van der Waals surface area contributed by atoms with E-state index in [9.17, 15) is 14.7 Å². The van der Waals surface area contributed by atoms with E-state index in [1.54, 1.807) is 18.2 Å². The third-order valence-electron chi connectivity index (χ3n) is 4.20. The fraction of sp³-hybridized carbons (Fsp3) is 0.444. The second-order valence-electron chi connectivity index (χ2n) is 6.13. The third-order valence-corrected chi connectivity index (χ3v) is 4.20. The highest BCUT2D eigenvalue weighted by Crippen LogP contribution is 2.42. The summed E-state index contributed by atoms with van der Waals surface area (Å²) in [7, 11) is 6.83. The Hall–Kier alpha value is -2.54. The van der Waals surface area contributed by atoms with Gasteiger partial charge in [-0.15, -0.1) is 0 Å². The predicted molar refractivity (Wildman–Crippen MR) is 92.9 cm³/mol. The molecule has 1 aliphatic heterocycles. The van der Waals surface area contributed by atoms with Crippen molar-refractivity contribution >= 4 is 11.7 Å². The van der Waals surface area contributed by atoms with Gasteiger partial charge in [0.05, 0.1) is 25.8 Å². The minimum atomic E-state index is -0.713. The van der Waals surface area contributed by atoms with Gasteiger partial charge >= 0.3 is 0 Å². The lowest BCUT2D eigenvalue weighted by molar-refractivity contribution is -0.129. The summed E-state index contributed by atoms with van der Waals surface area (Å²) >= 11 is 0. The zero-order chi connectivity index (χ0) is 18.7. The maximum absolute atomic E-state index is 12.5. The molecule has 1 atom stereocenters. The Labute approximate surface area is 147 Å². The summed E-state index contributed by atoms with van der Waals surface area (Å²) in [5.41, 5.74) is 0.679. The van der Waals surface area contributed by atoms with Gasteiger partial charge in [-0.2, -0.15) is 0 Å². The molecule has 0 aromatic heterocycles. The Kier molecular flexibility index (Phi) is 5.69. The molecule has 0 bridgehead atoms. The molecule has 7 heteroatoms. The van der Waals surface area contributed by atoms with Gasteiger partial charge in [0.15, 0.2) is 11.5 Å². The number of Topliss-reactive ketones (excluding diaryl/α,β-unsaturated/α-hetero) is 1. The molecule has 1 N–H and O–H groups in total. The number of nitrogens with zero attached hydrogens (tertiary/aromatic N) is 2. The standard InChI is InChI=1S/C18H24N2O5/c1-11(21)15-16(13-10-12(24-4)6-7-14(13)25-5)20(9-8-19(2)3)18(23)17(15)22/h6-7,10,16,22H,8-9H2,1-5H3. The second-order valence-corrected chi connectivity index (χ2v) is 6.13. The van der Waals surface area contributed by atoms with Gasteiger partial charge in [0.25, 0.3) is 5.91 Å². The third kappa shape index (κ3) is 3.61. The van der Waals surface area contributed by atoms with E-state index in [1.165, 1.54) is 26.0 Å². The van der Waals surface area contributed by atoms with Crippen molar-refractivity contribution in [2.75, 3.05) is 41.4 Å². The number of benzene rings is 1. The zero-order valence-electron chi connectivity index (χ0n) is 15.2. The number of carbonyl (C=O) groups is 2. The van der Waals surface area contributed by atoms with E-state index in [-0.39, 0.29) is 11.4 Å². The van der Waals surface area contributed by atoms with Crippen LogP contribution in [0.2, 0.25) is 0 Å². The van der Waals surface area contributed by atoms with Crippen molar-refractivity contribution in [1.29, 1.82) is 0 Å². The van der Waals surface area contributed by atoms with Gasteiger partial charge < -0.3 is 24.4 Å². The van der Waals surface area contributed by atoms with Crippen molar-refractivity contribution < 1.29 is 24.2 Å². The van der Waals surface area contributed by atoms with E-state index in [1.807, 2.05) is 19.0 Å². The van der Waals surface area contributed by atoms with E-state index in [0.29, 0.717) is 30.2 Å². The Balaban J connectivity index is 2.58. The van der Waals surface area contributed by atoms with Crippen molar-refractivity contribution in [2.45, 2.75) is 13.0 Å². The molecule has 1 heterocycles. The first-order valence-corrected chi connectivity index (χ1v) is 7.93. The summed E-state index contributed by atoms with van der Waals surface area (Å²) < 4.78 is 10.7. The molecule has 1 aliphatic rings. The van der Waals surface area contributed by atoms with E-state index < -0.39 is 17.7 Å². The highest BCUT2D eigenvalue weighted by Gasteiger charge is 2.43. The van der Waals surface area contributed by atoms with E-state index in [2.05, 4.69) is 0 Å². The van der Waals surface area contributed by atoms with Crippen LogP contribution in [-0.4, -0.2) is 68.0 Å². The minimum Gasteiger partial charge on any atom is -0.503 e. The number of rotatable bonds is 7. The van der Waals surface area contributed by atoms with Gasteiger partial charge in [-0.3, -0.25) is 9.59 Å². The number of likely N-dealkylation sites (N-methyl/N-ethyl adjacent to an activating group) is 1. The fourth-order valence-corrected chi connectivity index (χ4v) is 2.93. The van der Waals surface area contributed by atoms with Crippen LogP contribution in [-0.2, 0) is 9.59 Å². The lowest BCUT2D eigenvalue weighted by Gasteiger charge is -2.29. The lowest BCUT2D eigenvalue weighted by atomic mass is 9.95. The van der Waals surface area contributed by atoms with E-state index in [4.69, 9.17) is 9.47 Å². The SMILES string of the molecule is COc1ccc(OC)c(C2C(C(C)=O)=C(O)C(=O)N2CCN(C)C)c1. The Bertz CT molecular complexity index is 711. The summed E-state index contributed by atoms with van der Waals surface area (Å²) in [5.74, 6) is -0.317. The monoisotopic (exact) mass is 348 g/mol. The zero-order valence-corrected chi connectivity index (χ0v) is 15.2. The number of aliphatic hydroxyl groups is 1. The molecule has 1 amide bonds. The quantitative estimate of drug-likeness (QED) is 0.805. The number of hydrogen-bond donors (Lipinski definition) is 1. The molecule has 1 unspecified atom stereocenters. The van der Waals surface area contributed by atoms with Gasteiger partial charge in [-0.05, 0) is 39.2 Å². The lowest BCUT2D eigenvalue weighted by Crippen LogP contribution is -2.36. The van der Waals surface area contributed by atoms with Crippen LogP contribution in [0.3, 0.4) is 0 Å². The first kappa shape index (κ1) is 18.8. The van der Waals surface area contributed by atoms with Crippen LogP contribution < -0.4 is 9.47 Å². The van der Waals surface area contributed by atoms with Crippen LogP contribution in [0.15, 0.2) is 29.5 Å². The molecule has 136 valence electrons. The van der Waals surface area contributed by atoms with Crippen LogP contribution >= 0.6 is 0 Å². The highest BCUT2D eigenvalue weighted by molar-refractivity contribution is 6.08. The topological polar surface area (TPSA) is 79.3 Å². The molecule has 0 saturated heterocycles. The summed E-state index contributed by atoms with van der Waals surface area (Å²) in [5, 5.41) is 10.3. The smallest absolute Gasteiger partial charge is 0.290 e. The number of amides is 1. The average molecular weight is 348 g/mol. The second kappa shape index (κ2) is 7.57. The molecule has 0 aliphatic carbocycles. The molecule has 1 aromatic rings. The highest BCUT2D eigenvalue weighted by atomic mass is 16.5. The van der Waals surface area contributed by atoms with Gasteiger partial charge in [-0.1, -0.05) is 0 Å². The minimum absolute atomic E-state index is 0.0790. The molecule has 0 fully saturated rings. The molecule has 0 saturated carbocycles. The van der Waals surface area contributed by atoms with E-state index >= 15 is 0 Å². The van der Waals surface area contributed by atoms with E-state index in [0.717, 1.165) is 0 Å². The van der Waals surface area contributed by atoms with Crippen LogP contribution in [0.25, 0.3) is 0 Å². The summed E-state index contributed by atoms with van der Waals surface area (Å²) in [4.78, 5) is 28.1. The van der Waals surface area contributed by atoms with Crippen LogP contribution in [0.5, 0.6) is 11.5 Å². The van der Waals surface area contributed by atoms with Gasteiger partial charge in [0.2, 0.25) is 0 Å². The van der Waals surface area contributed by atoms with Gasteiger partial charge in [0, 0.05) is 18.7 Å². The maximum Gasteiger partial charge on any atom is 0.290 e. The fourth-order valence-electron chi connectivity index (χ4n) is 2.93. The first-order valence-electron chi connectivity index (χ1n) is 7.93. The summed E-state index contributed by atoms with van der Waals surface area (Å²) in [6, 6.07) is 4.46. The summed E-state index contributed by atoms with van der Waals surface area (Å²) in [6.45, 7) is 2.29. The molecule has 1 aromatic carbocycles. The number of carbonyl (C=O) groups excluding carboxylic acids is 2. The number of aliphatic hydroxyl groups excluding tert-OH is 1. The Morgan fingerprint density at radius 2 is 1.96 bits per heavy atom. The Morgan fingerprint density at radius 1 is 1.28 bits per heavy atom. The molecule has 0 radical (unpaired) electrons. The molecular formula is C18H24N2O5. The normalized spacial score (nSPS) is 17.4. The van der Waals surface area contributed by atoms with Crippen molar-refractivity contribution in [3.05, 3.63) is 35.1 Å². The molecular weight excluding hydrogens is 324 g/mol. The van der Waals surface area contributed by atoms with Crippen molar-refractivity contribution in [1.82, 2.24) is 9.80 Å². The Morgan fingerprint density at radius 3 is 2.48 bits per heavy atom. The van der Waals surface area contributed by atoms with Crippen LogP contribution in [0, 0.1) is 0 Å². The molecule has 2 rings (SSSR count). The maximum atomic E-state index is 12.5. The summed E-state index contributed by atoms with van der Waals surface area (Å²) in [6.07, 6.45) is 0. The number of hydrogen-bond acceptors (Lipinski definition) is 6. The van der Waals surface area contributed by atoms with Crippen molar-refractivity contribution in [3.63, 3.8) is 0 Å². The van der Waals surface area contributed by atoms with Gasteiger partial charge in [-0.25, -0.2) is 0 Å². The largest absolute Gasteiger partial charge is 0.503 e. The predicted octanol–water partition coefficient (Wildman–Crippen LogP) is 1.55. The number of ether oxygens (including phenoxy) is 2. The first-order chi connectivity index (χ1) is 11.8. The van der Waals surface area contributed by atoms with Crippen LogP contribution in [0.4, 0.5) is 0 Å². The van der Waals surface area contributed by atoms with Crippen molar-refractivity contribution in [3.8, 4) is 11.5 Å². The average Bonchev–Trinajstić information content (AvgIpc) is 2.83. The molecule has 7 nitrogen and oxygen atoms in total. The van der Waals surface area contributed by atoms with Crippen molar-refractivity contribution in [2.24, 2.45) is 0 Å². The van der Waals surface area contributed by atoms with Crippen LogP contribution in [0.1, 0.15) is 18.5 Å². The molecule has 0 spiro atoms. The molecule has 25 heavy (non-hydrogen) atoms. The number of ketones is 1. The van der Waals surface area contributed by atoms with Gasteiger partial charge in [0.1, 0.15) is 11.5 Å².